The van der Waals surface area contributed by atoms with E-state index in [9.17, 15) is 4.79 Å². The summed E-state index contributed by atoms with van der Waals surface area (Å²) < 4.78 is 10.6. The van der Waals surface area contributed by atoms with E-state index in [1.807, 2.05) is 12.1 Å². The third-order valence-corrected chi connectivity index (χ3v) is 3.24. The highest BCUT2D eigenvalue weighted by Gasteiger charge is 2.13. The summed E-state index contributed by atoms with van der Waals surface area (Å²) in [4.78, 5) is 12.0. The van der Waals surface area contributed by atoms with Crippen molar-refractivity contribution in [3.05, 3.63) is 59.7 Å². The average Bonchev–Trinajstić information content (AvgIpc) is 2.67. The maximum atomic E-state index is 12.0. The Morgan fingerprint density at radius 2 is 1.81 bits per heavy atom. The average molecular weight is 348 g/mol. The fourth-order valence-electron chi connectivity index (χ4n) is 1.89. The summed E-state index contributed by atoms with van der Waals surface area (Å²) in [6.07, 6.45) is 0.738. The van der Waals surface area contributed by atoms with Crippen LogP contribution in [-0.2, 0) is 4.79 Å². The van der Waals surface area contributed by atoms with Gasteiger partial charge in [-0.15, -0.1) is 0 Å². The second kappa shape index (κ2) is 9.45. The molecule has 0 heterocycles. The van der Waals surface area contributed by atoms with Gasteiger partial charge in [0.15, 0.2) is 12.7 Å². The van der Waals surface area contributed by atoms with Crippen molar-refractivity contribution in [3.8, 4) is 23.6 Å². The molecule has 7 nitrogen and oxygen atoms in total. The SMILES string of the molecule is C[C@H](Oc1ccc(C#N)cc1)C(=O)N/N=C\c1ccc(OCC#N)cc1. The van der Waals surface area contributed by atoms with Crippen LogP contribution in [0.15, 0.2) is 53.6 Å². The first-order valence-corrected chi connectivity index (χ1v) is 7.72. The molecule has 0 saturated heterocycles. The van der Waals surface area contributed by atoms with Gasteiger partial charge in [-0.3, -0.25) is 4.79 Å². The van der Waals surface area contributed by atoms with E-state index >= 15 is 0 Å². The van der Waals surface area contributed by atoms with E-state index in [0.29, 0.717) is 17.1 Å². The van der Waals surface area contributed by atoms with Crippen LogP contribution in [0.3, 0.4) is 0 Å². The van der Waals surface area contributed by atoms with Crippen molar-refractivity contribution in [1.29, 1.82) is 10.5 Å². The van der Waals surface area contributed by atoms with Gasteiger partial charge >= 0.3 is 0 Å². The fraction of sp³-hybridized carbons (Fsp3) is 0.158. The largest absolute Gasteiger partial charge is 0.481 e. The molecule has 130 valence electrons. The summed E-state index contributed by atoms with van der Waals surface area (Å²) >= 11 is 0. The van der Waals surface area contributed by atoms with Crippen molar-refractivity contribution in [2.24, 2.45) is 5.10 Å². The van der Waals surface area contributed by atoms with Gasteiger partial charge in [0.05, 0.1) is 17.8 Å². The Hall–Kier alpha value is -3.84. The lowest BCUT2D eigenvalue weighted by molar-refractivity contribution is -0.127. The standard InChI is InChI=1S/C19H16N4O3/c1-14(26-18-8-2-15(12-21)3-9-18)19(24)23-22-13-16-4-6-17(7-5-16)25-11-10-20/h2-9,13-14H,11H2,1H3,(H,23,24)/b22-13-/t14-/m0/s1. The van der Waals surface area contributed by atoms with Gasteiger partial charge < -0.3 is 9.47 Å². The Balaban J connectivity index is 1.83. The Bertz CT molecular complexity index is 846. The lowest BCUT2D eigenvalue weighted by atomic mass is 10.2. The Morgan fingerprint density at radius 1 is 1.15 bits per heavy atom. The Morgan fingerprint density at radius 3 is 2.42 bits per heavy atom. The van der Waals surface area contributed by atoms with E-state index in [-0.39, 0.29) is 6.61 Å². The van der Waals surface area contributed by atoms with Crippen LogP contribution in [0.5, 0.6) is 11.5 Å². The molecule has 2 rings (SSSR count). The zero-order valence-corrected chi connectivity index (χ0v) is 14.0. The molecule has 2 aromatic rings. The molecule has 0 aliphatic carbocycles. The summed E-state index contributed by atoms with van der Waals surface area (Å²) in [5.74, 6) is 0.667. The molecule has 0 fully saturated rings. The van der Waals surface area contributed by atoms with Gasteiger partial charge in [0.2, 0.25) is 0 Å². The van der Waals surface area contributed by atoms with Crippen LogP contribution < -0.4 is 14.9 Å². The van der Waals surface area contributed by atoms with Gasteiger partial charge in [0.25, 0.3) is 5.91 Å². The second-order valence-corrected chi connectivity index (χ2v) is 5.15. The topological polar surface area (TPSA) is 108 Å². The van der Waals surface area contributed by atoms with Gasteiger partial charge in [0, 0.05) is 0 Å². The second-order valence-electron chi connectivity index (χ2n) is 5.15. The number of nitrogens with one attached hydrogen (secondary N) is 1. The molecule has 0 saturated carbocycles. The molecule has 0 aliphatic heterocycles. The number of benzene rings is 2. The molecule has 1 amide bonds. The molecule has 7 heteroatoms. The molecule has 2 aromatic carbocycles. The van der Waals surface area contributed by atoms with E-state index < -0.39 is 12.0 Å². The van der Waals surface area contributed by atoms with E-state index in [0.717, 1.165) is 5.56 Å². The van der Waals surface area contributed by atoms with Crippen LogP contribution >= 0.6 is 0 Å². The smallest absolute Gasteiger partial charge is 0.280 e. The van der Waals surface area contributed by atoms with Crippen LogP contribution in [-0.4, -0.2) is 24.8 Å². The van der Waals surface area contributed by atoms with Crippen LogP contribution in [0.25, 0.3) is 0 Å². The molecule has 0 aliphatic rings. The maximum Gasteiger partial charge on any atom is 0.280 e. The van der Waals surface area contributed by atoms with Crippen molar-refractivity contribution in [3.63, 3.8) is 0 Å². The summed E-state index contributed by atoms with van der Waals surface area (Å²) in [5, 5.41) is 21.1. The summed E-state index contributed by atoms with van der Waals surface area (Å²) in [7, 11) is 0. The summed E-state index contributed by atoms with van der Waals surface area (Å²) in [6, 6.07) is 17.3. The van der Waals surface area contributed by atoms with Crippen molar-refractivity contribution in [1.82, 2.24) is 5.43 Å². The minimum absolute atomic E-state index is 0.0133. The van der Waals surface area contributed by atoms with Crippen molar-refractivity contribution < 1.29 is 14.3 Å². The Labute approximate surface area is 151 Å². The number of hydrogen-bond acceptors (Lipinski definition) is 6. The zero-order chi connectivity index (χ0) is 18.8. The normalized spacial score (nSPS) is 11.2. The molecule has 0 radical (unpaired) electrons. The van der Waals surface area contributed by atoms with E-state index in [2.05, 4.69) is 10.5 Å². The maximum absolute atomic E-state index is 12.0. The van der Waals surface area contributed by atoms with Gasteiger partial charge in [-0.1, -0.05) is 0 Å². The summed E-state index contributed by atoms with van der Waals surface area (Å²) in [5.41, 5.74) is 3.68. The van der Waals surface area contributed by atoms with E-state index in [4.69, 9.17) is 20.0 Å². The molecule has 0 spiro atoms. The van der Waals surface area contributed by atoms with Gasteiger partial charge in [-0.05, 0) is 61.0 Å². The predicted molar refractivity (Wildman–Crippen MR) is 94.5 cm³/mol. The first-order valence-electron chi connectivity index (χ1n) is 7.72. The molecular weight excluding hydrogens is 332 g/mol. The van der Waals surface area contributed by atoms with E-state index in [1.54, 1.807) is 55.5 Å². The number of hydrazone groups is 1. The number of carbonyl (C=O) groups is 1. The monoisotopic (exact) mass is 348 g/mol. The van der Waals surface area contributed by atoms with Crippen LogP contribution in [0.1, 0.15) is 18.1 Å². The first-order chi connectivity index (χ1) is 12.6. The lowest BCUT2D eigenvalue weighted by Crippen LogP contribution is -2.33. The minimum atomic E-state index is -0.748. The van der Waals surface area contributed by atoms with Crippen LogP contribution in [0.2, 0.25) is 0 Å². The quantitative estimate of drug-likeness (QED) is 0.610. The van der Waals surface area contributed by atoms with Gasteiger partial charge in [0.1, 0.15) is 17.6 Å². The number of hydrogen-bond donors (Lipinski definition) is 1. The van der Waals surface area contributed by atoms with Crippen molar-refractivity contribution >= 4 is 12.1 Å². The number of nitriles is 2. The molecular formula is C19H16N4O3. The lowest BCUT2D eigenvalue weighted by Gasteiger charge is -2.12. The van der Waals surface area contributed by atoms with Crippen LogP contribution in [0, 0.1) is 22.7 Å². The number of amides is 1. The zero-order valence-electron chi connectivity index (χ0n) is 14.0. The molecule has 0 bridgehead atoms. The minimum Gasteiger partial charge on any atom is -0.481 e. The molecule has 0 unspecified atom stereocenters. The van der Waals surface area contributed by atoms with E-state index in [1.165, 1.54) is 6.21 Å². The number of carbonyl (C=O) groups excluding carboxylic acids is 1. The predicted octanol–water partition coefficient (Wildman–Crippen LogP) is 2.38. The fourth-order valence-corrected chi connectivity index (χ4v) is 1.89. The number of ether oxygens (including phenoxy) is 2. The van der Waals surface area contributed by atoms with Crippen molar-refractivity contribution in [2.75, 3.05) is 6.61 Å². The number of rotatable bonds is 7. The summed E-state index contributed by atoms with van der Waals surface area (Å²) in [6.45, 7) is 1.59. The molecule has 1 atom stereocenters. The Kier molecular flexibility index (Phi) is 6.73. The highest BCUT2D eigenvalue weighted by Crippen LogP contribution is 2.13. The number of nitrogens with zero attached hydrogens (tertiary/aromatic N) is 3. The highest BCUT2D eigenvalue weighted by atomic mass is 16.5. The van der Waals surface area contributed by atoms with Gasteiger partial charge in [-0.25, -0.2) is 5.43 Å². The molecule has 0 aromatic heterocycles. The third-order valence-electron chi connectivity index (χ3n) is 3.24. The molecule has 26 heavy (non-hydrogen) atoms. The van der Waals surface area contributed by atoms with Crippen molar-refractivity contribution in [2.45, 2.75) is 13.0 Å². The van der Waals surface area contributed by atoms with Gasteiger partial charge in [-0.2, -0.15) is 15.6 Å². The third kappa shape index (κ3) is 5.66. The highest BCUT2D eigenvalue weighted by molar-refractivity contribution is 5.84. The molecule has 1 N–H and O–H groups in total. The first kappa shape index (κ1) is 18.5. The van der Waals surface area contributed by atoms with Crippen LogP contribution in [0.4, 0.5) is 0 Å².